The van der Waals surface area contributed by atoms with E-state index < -0.39 is 0 Å². The Hall–Kier alpha value is -0.890. The Morgan fingerprint density at radius 1 is 1.24 bits per heavy atom. The molecule has 1 aromatic heterocycles. The van der Waals surface area contributed by atoms with Crippen molar-refractivity contribution in [1.29, 1.82) is 0 Å². The fourth-order valence-electron chi connectivity index (χ4n) is 3.71. The van der Waals surface area contributed by atoms with E-state index in [-0.39, 0.29) is 0 Å². The van der Waals surface area contributed by atoms with Crippen LogP contribution in [0.5, 0.6) is 0 Å². The summed E-state index contributed by atoms with van der Waals surface area (Å²) in [5.74, 6) is 2.45. The molecule has 1 N–H and O–H groups in total. The summed E-state index contributed by atoms with van der Waals surface area (Å²) >= 11 is 0. The van der Waals surface area contributed by atoms with Crippen molar-refractivity contribution in [2.45, 2.75) is 65.8 Å². The minimum absolute atomic E-state index is 0.441. The van der Waals surface area contributed by atoms with Gasteiger partial charge in [-0.25, -0.2) is 0 Å². The minimum Gasteiger partial charge on any atom is -0.308 e. The van der Waals surface area contributed by atoms with Gasteiger partial charge in [0.05, 0.1) is 11.7 Å². The van der Waals surface area contributed by atoms with E-state index in [1.54, 1.807) is 0 Å². The molecule has 4 atom stereocenters. The van der Waals surface area contributed by atoms with E-state index in [0.717, 1.165) is 30.7 Å². The summed E-state index contributed by atoms with van der Waals surface area (Å²) in [6.45, 7) is 10.4. The van der Waals surface area contributed by atoms with Crippen LogP contribution in [-0.2, 0) is 6.42 Å². The maximum absolute atomic E-state index is 4.76. The Bertz CT molecular complexity index is 429. The highest BCUT2D eigenvalue weighted by atomic mass is 14.9. The molecule has 1 aliphatic rings. The van der Waals surface area contributed by atoms with Crippen LogP contribution >= 0.6 is 0 Å². The van der Waals surface area contributed by atoms with Crippen LogP contribution in [0.1, 0.15) is 70.7 Å². The van der Waals surface area contributed by atoms with Gasteiger partial charge in [-0.3, -0.25) is 4.98 Å². The van der Waals surface area contributed by atoms with Gasteiger partial charge in [-0.1, -0.05) is 40.2 Å². The number of hydrogen-bond donors (Lipinski definition) is 1. The largest absolute Gasteiger partial charge is 0.308 e. The zero-order valence-corrected chi connectivity index (χ0v) is 14.2. The van der Waals surface area contributed by atoms with Crippen molar-refractivity contribution in [2.24, 2.45) is 17.8 Å². The smallest absolute Gasteiger partial charge is 0.0607 e. The first-order valence-electron chi connectivity index (χ1n) is 8.84. The third-order valence-electron chi connectivity index (χ3n) is 5.33. The molecule has 118 valence electrons. The lowest BCUT2D eigenvalue weighted by atomic mass is 9.72. The topological polar surface area (TPSA) is 24.9 Å². The van der Waals surface area contributed by atoms with E-state index in [9.17, 15) is 0 Å². The summed E-state index contributed by atoms with van der Waals surface area (Å²) in [6, 6.07) is 4.76. The SMILES string of the molecule is CCCNC(c1ncccc1CC)C1CCC(C)C(C)C1. The summed E-state index contributed by atoms with van der Waals surface area (Å²) in [4.78, 5) is 4.76. The normalized spacial score (nSPS) is 27.5. The van der Waals surface area contributed by atoms with Crippen LogP contribution in [-0.4, -0.2) is 11.5 Å². The average molecular weight is 288 g/mol. The predicted molar refractivity (Wildman–Crippen MR) is 90.3 cm³/mol. The fourth-order valence-corrected chi connectivity index (χ4v) is 3.71. The van der Waals surface area contributed by atoms with Gasteiger partial charge in [0, 0.05) is 6.20 Å². The van der Waals surface area contributed by atoms with Crippen molar-refractivity contribution in [3.63, 3.8) is 0 Å². The van der Waals surface area contributed by atoms with Crippen molar-refractivity contribution >= 4 is 0 Å². The molecule has 0 bridgehead atoms. The van der Waals surface area contributed by atoms with Crippen molar-refractivity contribution in [1.82, 2.24) is 10.3 Å². The molecule has 1 aromatic rings. The lowest BCUT2D eigenvalue weighted by Gasteiger charge is -2.37. The molecular formula is C19H32N2. The number of hydrogen-bond acceptors (Lipinski definition) is 2. The zero-order chi connectivity index (χ0) is 15.2. The van der Waals surface area contributed by atoms with Crippen molar-refractivity contribution in [3.05, 3.63) is 29.6 Å². The predicted octanol–water partition coefficient (Wildman–Crippen LogP) is 4.76. The second-order valence-electron chi connectivity index (χ2n) is 6.86. The van der Waals surface area contributed by atoms with Crippen molar-refractivity contribution < 1.29 is 0 Å². The number of nitrogens with one attached hydrogen (secondary N) is 1. The number of pyridine rings is 1. The maximum Gasteiger partial charge on any atom is 0.0607 e. The Labute approximate surface area is 130 Å². The Morgan fingerprint density at radius 3 is 2.71 bits per heavy atom. The average Bonchev–Trinajstić information content (AvgIpc) is 2.51. The lowest BCUT2D eigenvalue weighted by Crippen LogP contribution is -2.34. The molecule has 0 amide bonds. The molecule has 0 saturated heterocycles. The zero-order valence-electron chi connectivity index (χ0n) is 14.2. The Kier molecular flexibility index (Phi) is 6.22. The molecule has 1 saturated carbocycles. The molecule has 1 heterocycles. The summed E-state index contributed by atoms with van der Waals surface area (Å²) in [5.41, 5.74) is 2.72. The van der Waals surface area contributed by atoms with Crippen LogP contribution in [0.25, 0.3) is 0 Å². The number of nitrogens with zero attached hydrogens (tertiary/aromatic N) is 1. The van der Waals surface area contributed by atoms with Crippen LogP contribution < -0.4 is 5.32 Å². The van der Waals surface area contributed by atoms with Crippen LogP contribution in [0, 0.1) is 17.8 Å². The maximum atomic E-state index is 4.76. The standard InChI is InChI=1S/C19H32N2/c1-5-11-20-19(17-10-9-14(3)15(4)13-17)18-16(6-2)8-7-12-21-18/h7-8,12,14-15,17,19-20H,5-6,9-11,13H2,1-4H3. The van der Waals surface area contributed by atoms with Crippen LogP contribution in [0.3, 0.4) is 0 Å². The second-order valence-corrected chi connectivity index (χ2v) is 6.86. The molecule has 4 unspecified atom stereocenters. The van der Waals surface area contributed by atoms with E-state index >= 15 is 0 Å². The number of aryl methyl sites for hydroxylation is 1. The Morgan fingerprint density at radius 2 is 2.05 bits per heavy atom. The minimum atomic E-state index is 0.441. The van der Waals surface area contributed by atoms with Gasteiger partial charge in [-0.15, -0.1) is 0 Å². The third-order valence-corrected chi connectivity index (χ3v) is 5.33. The second kappa shape index (κ2) is 7.93. The molecule has 2 nitrogen and oxygen atoms in total. The first-order valence-corrected chi connectivity index (χ1v) is 8.84. The van der Waals surface area contributed by atoms with Gasteiger partial charge in [0.15, 0.2) is 0 Å². The van der Waals surface area contributed by atoms with Gasteiger partial charge in [0.2, 0.25) is 0 Å². The molecule has 1 aliphatic carbocycles. The highest BCUT2D eigenvalue weighted by Crippen LogP contribution is 2.40. The van der Waals surface area contributed by atoms with E-state index in [1.165, 1.54) is 36.9 Å². The Balaban J connectivity index is 2.21. The van der Waals surface area contributed by atoms with Crippen LogP contribution in [0.4, 0.5) is 0 Å². The molecule has 0 radical (unpaired) electrons. The molecule has 0 aliphatic heterocycles. The fraction of sp³-hybridized carbons (Fsp3) is 0.737. The molecule has 2 heteroatoms. The van der Waals surface area contributed by atoms with E-state index in [0.29, 0.717) is 6.04 Å². The third kappa shape index (κ3) is 4.06. The summed E-state index contributed by atoms with van der Waals surface area (Å²) in [5, 5.41) is 3.80. The summed E-state index contributed by atoms with van der Waals surface area (Å²) in [6.07, 6.45) is 8.26. The first kappa shape index (κ1) is 16.5. The summed E-state index contributed by atoms with van der Waals surface area (Å²) in [7, 11) is 0. The van der Waals surface area contributed by atoms with Crippen LogP contribution in [0.15, 0.2) is 18.3 Å². The van der Waals surface area contributed by atoms with Gasteiger partial charge in [0.1, 0.15) is 0 Å². The van der Waals surface area contributed by atoms with Gasteiger partial charge < -0.3 is 5.32 Å². The van der Waals surface area contributed by atoms with Gasteiger partial charge in [-0.2, -0.15) is 0 Å². The molecule has 21 heavy (non-hydrogen) atoms. The van der Waals surface area contributed by atoms with Gasteiger partial charge in [-0.05, 0) is 61.6 Å². The highest BCUT2D eigenvalue weighted by Gasteiger charge is 2.32. The molecule has 0 spiro atoms. The van der Waals surface area contributed by atoms with E-state index in [4.69, 9.17) is 4.98 Å². The monoisotopic (exact) mass is 288 g/mol. The molecular weight excluding hydrogens is 256 g/mol. The quantitative estimate of drug-likeness (QED) is 0.816. The van der Waals surface area contributed by atoms with Gasteiger partial charge >= 0.3 is 0 Å². The lowest BCUT2D eigenvalue weighted by molar-refractivity contribution is 0.169. The van der Waals surface area contributed by atoms with E-state index in [1.807, 2.05) is 6.20 Å². The number of aromatic nitrogens is 1. The van der Waals surface area contributed by atoms with Gasteiger partial charge in [0.25, 0.3) is 0 Å². The van der Waals surface area contributed by atoms with Crippen LogP contribution in [0.2, 0.25) is 0 Å². The highest BCUT2D eigenvalue weighted by molar-refractivity contribution is 5.23. The molecule has 1 fully saturated rings. The van der Waals surface area contributed by atoms with E-state index in [2.05, 4.69) is 45.1 Å². The summed E-state index contributed by atoms with van der Waals surface area (Å²) < 4.78 is 0. The van der Waals surface area contributed by atoms with Crippen molar-refractivity contribution in [2.75, 3.05) is 6.54 Å². The molecule has 2 rings (SSSR count). The molecule has 0 aromatic carbocycles. The number of rotatable bonds is 6. The first-order chi connectivity index (χ1) is 10.2. The van der Waals surface area contributed by atoms with Crippen molar-refractivity contribution in [3.8, 4) is 0 Å².